The Labute approximate surface area is 120 Å². The minimum atomic E-state index is -1.19. The lowest BCUT2D eigenvalue weighted by Crippen LogP contribution is -2.53. The highest BCUT2D eigenvalue weighted by molar-refractivity contribution is 6.60. The zero-order chi connectivity index (χ0) is 15.6. The largest absolute Gasteiger partial charge is 0.497 e. The van der Waals surface area contributed by atoms with Crippen molar-refractivity contribution in [1.29, 1.82) is 0 Å². The first-order valence-electron chi connectivity index (χ1n) is 6.42. The summed E-state index contributed by atoms with van der Waals surface area (Å²) in [5.41, 5.74) is -1.53. The Morgan fingerprint density at radius 1 is 0.950 bits per heavy atom. The van der Waals surface area contributed by atoms with Gasteiger partial charge in [0.2, 0.25) is 0 Å². The summed E-state index contributed by atoms with van der Waals surface area (Å²) >= 11 is 0. The molecule has 0 saturated heterocycles. The van der Waals surface area contributed by atoms with E-state index >= 15 is 0 Å². The first kappa shape index (κ1) is 16.8. The Hall–Kier alpha value is -1.24. The van der Waals surface area contributed by atoms with E-state index in [0.717, 1.165) is 0 Å². The quantitative estimate of drug-likeness (QED) is 0.761. The fourth-order valence-corrected chi connectivity index (χ4v) is 1.46. The van der Waals surface area contributed by atoms with Gasteiger partial charge in [0.25, 0.3) is 0 Å². The summed E-state index contributed by atoms with van der Waals surface area (Å²) < 4.78 is 15.9. The molecule has 5 nitrogen and oxygen atoms in total. The van der Waals surface area contributed by atoms with E-state index in [2.05, 4.69) is 0 Å². The topological polar surface area (TPSA) is 68.2 Å². The highest BCUT2D eigenvalue weighted by Crippen LogP contribution is 2.26. The van der Waals surface area contributed by atoms with E-state index in [0.29, 0.717) is 17.0 Å². The number of methoxy groups -OCH3 is 2. The predicted molar refractivity (Wildman–Crippen MR) is 78.6 cm³/mol. The van der Waals surface area contributed by atoms with E-state index in [1.165, 1.54) is 14.2 Å². The molecule has 0 aliphatic heterocycles. The van der Waals surface area contributed by atoms with Crippen molar-refractivity contribution in [3.05, 3.63) is 18.2 Å². The van der Waals surface area contributed by atoms with Gasteiger partial charge in [-0.3, -0.25) is 0 Å². The first-order chi connectivity index (χ1) is 9.10. The van der Waals surface area contributed by atoms with Gasteiger partial charge in [0.15, 0.2) is 0 Å². The van der Waals surface area contributed by atoms with E-state index in [-0.39, 0.29) is 0 Å². The Kier molecular flexibility index (Phi) is 5.07. The lowest BCUT2D eigenvalue weighted by molar-refractivity contribution is -0.0982. The van der Waals surface area contributed by atoms with Gasteiger partial charge in [-0.15, -0.1) is 0 Å². The van der Waals surface area contributed by atoms with Crippen LogP contribution in [0.3, 0.4) is 0 Å². The Morgan fingerprint density at radius 2 is 1.40 bits per heavy atom. The summed E-state index contributed by atoms with van der Waals surface area (Å²) in [7, 11) is 1.87. The zero-order valence-electron chi connectivity index (χ0n) is 12.9. The van der Waals surface area contributed by atoms with Crippen LogP contribution < -0.4 is 14.9 Å². The molecule has 0 spiro atoms. The van der Waals surface area contributed by atoms with Gasteiger partial charge in [0.05, 0.1) is 25.4 Å². The monoisotopic (exact) mass is 282 g/mol. The molecule has 20 heavy (non-hydrogen) atoms. The van der Waals surface area contributed by atoms with Crippen molar-refractivity contribution < 1.29 is 24.3 Å². The molecule has 0 aliphatic rings. The first-order valence-corrected chi connectivity index (χ1v) is 6.42. The van der Waals surface area contributed by atoms with Crippen molar-refractivity contribution in [2.45, 2.75) is 38.9 Å². The molecular weight excluding hydrogens is 259 g/mol. The van der Waals surface area contributed by atoms with Crippen LogP contribution in [0.15, 0.2) is 18.2 Å². The van der Waals surface area contributed by atoms with Crippen molar-refractivity contribution in [3.63, 3.8) is 0 Å². The molecule has 6 heteroatoms. The molecule has 0 radical (unpaired) electrons. The third kappa shape index (κ3) is 3.88. The van der Waals surface area contributed by atoms with Crippen LogP contribution in [-0.2, 0) is 4.65 Å². The van der Waals surface area contributed by atoms with Gasteiger partial charge in [-0.1, -0.05) is 0 Å². The third-order valence-electron chi connectivity index (χ3n) is 3.54. The molecule has 0 atom stereocenters. The van der Waals surface area contributed by atoms with Crippen molar-refractivity contribution in [2.75, 3.05) is 14.2 Å². The number of aliphatic hydroxyl groups is 1. The lowest BCUT2D eigenvalue weighted by atomic mass is 9.76. The highest BCUT2D eigenvalue weighted by Gasteiger charge is 2.39. The molecule has 0 saturated carbocycles. The summed E-state index contributed by atoms with van der Waals surface area (Å²) in [6.07, 6.45) is 0. The van der Waals surface area contributed by atoms with Crippen LogP contribution in [0, 0.1) is 0 Å². The van der Waals surface area contributed by atoms with Crippen LogP contribution in [0.1, 0.15) is 27.7 Å². The maximum Gasteiger partial charge on any atom is 0.491 e. The summed E-state index contributed by atoms with van der Waals surface area (Å²) in [5.74, 6) is 1.12. The molecule has 0 aromatic heterocycles. The lowest BCUT2D eigenvalue weighted by Gasteiger charge is -2.38. The summed E-state index contributed by atoms with van der Waals surface area (Å²) in [6.45, 7) is 6.69. The fourth-order valence-electron chi connectivity index (χ4n) is 1.46. The second-order valence-corrected chi connectivity index (χ2v) is 5.69. The van der Waals surface area contributed by atoms with Crippen LogP contribution >= 0.6 is 0 Å². The number of ether oxygens (including phenoxy) is 2. The Balaban J connectivity index is 3.00. The molecular formula is C14H23BO5. The van der Waals surface area contributed by atoms with Gasteiger partial charge in [0, 0.05) is 6.07 Å². The molecule has 1 rings (SSSR count). The van der Waals surface area contributed by atoms with Crippen molar-refractivity contribution in [1.82, 2.24) is 0 Å². The van der Waals surface area contributed by atoms with Crippen LogP contribution in [0.4, 0.5) is 0 Å². The molecule has 0 heterocycles. The van der Waals surface area contributed by atoms with Crippen LogP contribution in [-0.4, -0.2) is 42.7 Å². The maximum atomic E-state index is 10.2. The van der Waals surface area contributed by atoms with E-state index < -0.39 is 18.3 Å². The standard InChI is InChI=1S/C14H23BO5/c1-13(2,16)14(3,4)20-15(17)10-7-11(18-5)9-12(8-10)19-6/h7-9,16-17H,1-6H3. The molecule has 0 amide bonds. The molecule has 2 N–H and O–H groups in total. The average molecular weight is 282 g/mol. The number of rotatable bonds is 6. The summed E-state index contributed by atoms with van der Waals surface area (Å²) in [6, 6.07) is 5.03. The van der Waals surface area contributed by atoms with Crippen LogP contribution in [0.5, 0.6) is 11.5 Å². The molecule has 0 unspecified atom stereocenters. The van der Waals surface area contributed by atoms with Gasteiger partial charge in [-0.05, 0) is 45.3 Å². The van der Waals surface area contributed by atoms with E-state index in [9.17, 15) is 10.1 Å². The fraction of sp³-hybridized carbons (Fsp3) is 0.571. The van der Waals surface area contributed by atoms with Gasteiger partial charge < -0.3 is 24.3 Å². The SMILES string of the molecule is COc1cc(OC)cc(B(O)OC(C)(C)C(C)(C)O)c1. The van der Waals surface area contributed by atoms with Crippen molar-refractivity contribution in [2.24, 2.45) is 0 Å². The predicted octanol–water partition coefficient (Wildman–Crippen LogP) is 0.957. The van der Waals surface area contributed by atoms with Crippen LogP contribution in [0.25, 0.3) is 0 Å². The second kappa shape index (κ2) is 6.03. The number of hydrogen-bond donors (Lipinski definition) is 2. The average Bonchev–Trinajstić information content (AvgIpc) is 2.36. The van der Waals surface area contributed by atoms with Crippen molar-refractivity contribution >= 4 is 12.6 Å². The summed E-state index contributed by atoms with van der Waals surface area (Å²) in [4.78, 5) is 0. The molecule has 112 valence electrons. The van der Waals surface area contributed by atoms with Crippen molar-refractivity contribution in [3.8, 4) is 11.5 Å². The Bertz CT molecular complexity index is 431. The number of benzene rings is 1. The van der Waals surface area contributed by atoms with Gasteiger partial charge >= 0.3 is 7.12 Å². The Morgan fingerprint density at radius 3 is 1.75 bits per heavy atom. The molecule has 0 aliphatic carbocycles. The number of hydrogen-bond acceptors (Lipinski definition) is 5. The zero-order valence-corrected chi connectivity index (χ0v) is 12.9. The molecule has 1 aromatic carbocycles. The van der Waals surface area contributed by atoms with E-state index in [1.54, 1.807) is 45.9 Å². The molecule has 0 bridgehead atoms. The summed E-state index contributed by atoms with van der Waals surface area (Å²) in [5, 5.41) is 20.3. The molecule has 1 aromatic rings. The normalized spacial score (nSPS) is 12.2. The minimum absolute atomic E-state index is 0.499. The van der Waals surface area contributed by atoms with Gasteiger partial charge in [-0.2, -0.15) is 0 Å². The van der Waals surface area contributed by atoms with Crippen LogP contribution in [0.2, 0.25) is 0 Å². The smallest absolute Gasteiger partial charge is 0.491 e. The van der Waals surface area contributed by atoms with E-state index in [4.69, 9.17) is 14.1 Å². The highest BCUT2D eigenvalue weighted by atomic mass is 16.5. The third-order valence-corrected chi connectivity index (χ3v) is 3.54. The van der Waals surface area contributed by atoms with Gasteiger partial charge in [0.1, 0.15) is 11.5 Å². The minimum Gasteiger partial charge on any atom is -0.497 e. The maximum absolute atomic E-state index is 10.2. The second-order valence-electron chi connectivity index (χ2n) is 5.69. The van der Waals surface area contributed by atoms with E-state index in [1.807, 2.05) is 0 Å². The molecule has 0 fully saturated rings. The van der Waals surface area contributed by atoms with Gasteiger partial charge in [-0.25, -0.2) is 0 Å².